The van der Waals surface area contributed by atoms with Crippen molar-refractivity contribution in [3.63, 3.8) is 0 Å². The van der Waals surface area contributed by atoms with E-state index in [0.717, 1.165) is 6.07 Å². The number of carbonyl (C=O) groups is 1. The van der Waals surface area contributed by atoms with Gasteiger partial charge in [-0.1, -0.05) is 11.6 Å². The number of anilines is 1. The van der Waals surface area contributed by atoms with Crippen molar-refractivity contribution in [2.75, 3.05) is 25.6 Å². The Hall–Kier alpha value is -1.93. The molecule has 1 atom stereocenters. The number of nitrogens with zero attached hydrogens (tertiary/aromatic N) is 1. The first kappa shape index (κ1) is 17.1. The molecule has 0 aromatic heterocycles. The Morgan fingerprint density at radius 2 is 2.24 bits per heavy atom. The summed E-state index contributed by atoms with van der Waals surface area (Å²) in [4.78, 5) is 21.9. The molecule has 7 nitrogen and oxygen atoms in total. The number of halogens is 2. The number of nitrogens with one attached hydrogen (secondary N) is 2. The van der Waals surface area contributed by atoms with Gasteiger partial charge >= 0.3 is 0 Å². The van der Waals surface area contributed by atoms with E-state index >= 15 is 0 Å². The smallest absolute Gasteiger partial charge is 0.295 e. The van der Waals surface area contributed by atoms with Gasteiger partial charge in [-0.3, -0.25) is 14.9 Å². The Labute approximate surface area is 125 Å². The molecule has 0 bridgehead atoms. The number of rotatable bonds is 7. The van der Waals surface area contributed by atoms with Crippen LogP contribution in [0, 0.1) is 15.9 Å². The Balaban J connectivity index is 2.84. The molecule has 0 aliphatic heterocycles. The maximum Gasteiger partial charge on any atom is 0.295 e. The van der Waals surface area contributed by atoms with E-state index in [-0.39, 0.29) is 16.6 Å². The number of carbonyl (C=O) groups excluding carboxylic acids is 1. The first-order chi connectivity index (χ1) is 9.86. The number of ether oxygens (including phenoxy) is 1. The molecule has 1 aromatic carbocycles. The average Bonchev–Trinajstić information content (AvgIpc) is 2.42. The number of nitro groups is 1. The lowest BCUT2D eigenvalue weighted by Crippen LogP contribution is -2.39. The van der Waals surface area contributed by atoms with Gasteiger partial charge in [-0.25, -0.2) is 4.39 Å². The van der Waals surface area contributed by atoms with Crippen LogP contribution in [0.4, 0.5) is 15.8 Å². The summed E-state index contributed by atoms with van der Waals surface area (Å²) < 4.78 is 18.0. The van der Waals surface area contributed by atoms with E-state index in [1.165, 1.54) is 14.0 Å². The number of benzene rings is 1. The normalized spacial score (nSPS) is 11.8. The van der Waals surface area contributed by atoms with Gasteiger partial charge in [-0.2, -0.15) is 0 Å². The van der Waals surface area contributed by atoms with Crippen molar-refractivity contribution < 1.29 is 18.8 Å². The maximum absolute atomic E-state index is 13.3. The number of nitro benzene ring substituents is 1. The van der Waals surface area contributed by atoms with Gasteiger partial charge in [-0.15, -0.1) is 0 Å². The molecule has 0 saturated heterocycles. The summed E-state index contributed by atoms with van der Waals surface area (Å²) in [6.07, 6.45) is 0. The summed E-state index contributed by atoms with van der Waals surface area (Å²) in [7, 11) is 1.50. The Bertz CT molecular complexity index is 541. The number of amides is 1. The van der Waals surface area contributed by atoms with Crippen molar-refractivity contribution in [3.8, 4) is 0 Å². The van der Waals surface area contributed by atoms with Crippen LogP contribution in [0.1, 0.15) is 6.92 Å². The highest BCUT2D eigenvalue weighted by Gasteiger charge is 2.21. The minimum Gasteiger partial charge on any atom is -0.383 e. The quantitative estimate of drug-likeness (QED) is 0.455. The summed E-state index contributed by atoms with van der Waals surface area (Å²) in [6.45, 7) is 2.18. The van der Waals surface area contributed by atoms with Crippen LogP contribution in [0.3, 0.4) is 0 Å². The van der Waals surface area contributed by atoms with E-state index in [0.29, 0.717) is 19.2 Å². The minimum atomic E-state index is -0.897. The van der Waals surface area contributed by atoms with Crippen molar-refractivity contribution in [2.24, 2.45) is 0 Å². The van der Waals surface area contributed by atoms with E-state index in [1.54, 1.807) is 0 Å². The highest BCUT2D eigenvalue weighted by Crippen LogP contribution is 2.30. The lowest BCUT2D eigenvalue weighted by Gasteiger charge is -2.15. The Kier molecular flexibility index (Phi) is 6.32. The molecule has 0 radical (unpaired) electrons. The van der Waals surface area contributed by atoms with Crippen molar-refractivity contribution in [3.05, 3.63) is 33.1 Å². The molecule has 0 aliphatic rings. The van der Waals surface area contributed by atoms with E-state index in [4.69, 9.17) is 16.3 Å². The molecular formula is C12H15ClFN3O4. The second-order valence-electron chi connectivity index (χ2n) is 4.19. The van der Waals surface area contributed by atoms with Gasteiger partial charge in [0.1, 0.15) is 17.5 Å². The van der Waals surface area contributed by atoms with Crippen LogP contribution in [0.5, 0.6) is 0 Å². The fourth-order valence-electron chi connectivity index (χ4n) is 1.53. The van der Waals surface area contributed by atoms with Crippen LogP contribution >= 0.6 is 11.6 Å². The van der Waals surface area contributed by atoms with Crippen molar-refractivity contribution in [2.45, 2.75) is 13.0 Å². The van der Waals surface area contributed by atoms with Crippen LogP contribution in [0.15, 0.2) is 12.1 Å². The van der Waals surface area contributed by atoms with Gasteiger partial charge in [-0.05, 0) is 13.0 Å². The van der Waals surface area contributed by atoms with Gasteiger partial charge < -0.3 is 15.4 Å². The van der Waals surface area contributed by atoms with Crippen LogP contribution < -0.4 is 10.6 Å². The minimum absolute atomic E-state index is 0.0270. The van der Waals surface area contributed by atoms with Gasteiger partial charge in [0.05, 0.1) is 22.6 Å². The standard InChI is InChI=1S/C12H15ClFN3O4/c1-7(12(18)15-3-4-21-2)16-10-5-8(13)9(14)6-11(10)17(19)20/h5-7,16H,3-4H2,1-2H3,(H,15,18). The topological polar surface area (TPSA) is 93.5 Å². The molecule has 1 rings (SSSR count). The van der Waals surface area contributed by atoms with E-state index in [2.05, 4.69) is 10.6 Å². The number of hydrogen-bond donors (Lipinski definition) is 2. The molecule has 0 heterocycles. The molecule has 2 N–H and O–H groups in total. The summed E-state index contributed by atoms with van der Waals surface area (Å²) >= 11 is 5.60. The van der Waals surface area contributed by atoms with E-state index in [1.807, 2.05) is 0 Å². The van der Waals surface area contributed by atoms with E-state index < -0.39 is 22.5 Å². The van der Waals surface area contributed by atoms with Gasteiger partial charge in [0, 0.05) is 13.7 Å². The molecule has 1 unspecified atom stereocenters. The molecule has 0 saturated carbocycles. The predicted octanol–water partition coefficient (Wildman–Crippen LogP) is 1.95. The second kappa shape index (κ2) is 7.75. The highest BCUT2D eigenvalue weighted by atomic mass is 35.5. The van der Waals surface area contributed by atoms with Crippen molar-refractivity contribution in [1.29, 1.82) is 0 Å². The third-order valence-electron chi connectivity index (χ3n) is 2.61. The zero-order valence-electron chi connectivity index (χ0n) is 11.5. The second-order valence-corrected chi connectivity index (χ2v) is 4.60. The molecule has 0 aliphatic carbocycles. The largest absolute Gasteiger partial charge is 0.383 e. The lowest BCUT2D eigenvalue weighted by atomic mass is 10.2. The summed E-state index contributed by atoms with van der Waals surface area (Å²) in [6, 6.07) is 1.02. The fraction of sp³-hybridized carbons (Fsp3) is 0.417. The molecule has 116 valence electrons. The number of methoxy groups -OCH3 is 1. The van der Waals surface area contributed by atoms with Gasteiger partial charge in [0.2, 0.25) is 5.91 Å². The summed E-state index contributed by atoms with van der Waals surface area (Å²) in [5.74, 6) is -1.27. The van der Waals surface area contributed by atoms with Crippen molar-refractivity contribution >= 4 is 28.9 Å². The Morgan fingerprint density at radius 3 is 2.81 bits per heavy atom. The molecular weight excluding hydrogens is 305 g/mol. The summed E-state index contributed by atoms with van der Waals surface area (Å²) in [5, 5.41) is 15.8. The van der Waals surface area contributed by atoms with Crippen LogP contribution in [-0.4, -0.2) is 37.1 Å². The molecule has 1 amide bonds. The molecule has 21 heavy (non-hydrogen) atoms. The van der Waals surface area contributed by atoms with Crippen LogP contribution in [0.2, 0.25) is 5.02 Å². The third-order valence-corrected chi connectivity index (χ3v) is 2.90. The monoisotopic (exact) mass is 319 g/mol. The van der Waals surface area contributed by atoms with Crippen LogP contribution in [-0.2, 0) is 9.53 Å². The van der Waals surface area contributed by atoms with E-state index in [9.17, 15) is 19.3 Å². The predicted molar refractivity (Wildman–Crippen MR) is 76.0 cm³/mol. The Morgan fingerprint density at radius 1 is 1.57 bits per heavy atom. The third kappa shape index (κ3) is 4.83. The SMILES string of the molecule is COCCNC(=O)C(C)Nc1cc(Cl)c(F)cc1[N+](=O)[O-]. The highest BCUT2D eigenvalue weighted by molar-refractivity contribution is 6.31. The molecule has 0 spiro atoms. The van der Waals surface area contributed by atoms with Gasteiger partial charge in [0.15, 0.2) is 0 Å². The lowest BCUT2D eigenvalue weighted by molar-refractivity contribution is -0.384. The summed E-state index contributed by atoms with van der Waals surface area (Å²) in [5.41, 5.74) is -0.519. The zero-order valence-corrected chi connectivity index (χ0v) is 12.2. The maximum atomic E-state index is 13.3. The first-order valence-electron chi connectivity index (χ1n) is 6.03. The average molecular weight is 320 g/mol. The zero-order chi connectivity index (χ0) is 16.0. The fourth-order valence-corrected chi connectivity index (χ4v) is 1.69. The molecule has 1 aromatic rings. The van der Waals surface area contributed by atoms with Crippen LogP contribution in [0.25, 0.3) is 0 Å². The number of hydrogen-bond acceptors (Lipinski definition) is 5. The molecule has 0 fully saturated rings. The van der Waals surface area contributed by atoms with Gasteiger partial charge in [0.25, 0.3) is 5.69 Å². The molecule has 9 heteroatoms. The van der Waals surface area contributed by atoms with Crippen molar-refractivity contribution in [1.82, 2.24) is 5.32 Å². The first-order valence-corrected chi connectivity index (χ1v) is 6.41.